The molecule has 0 saturated carbocycles. The molecule has 0 amide bonds. The molecule has 1 fully saturated rings. The number of likely N-dealkylation sites (N-methyl/N-ethyl adjacent to an activating group) is 1. The van der Waals surface area contributed by atoms with Crippen LogP contribution in [0.1, 0.15) is 51.2 Å². The van der Waals surface area contributed by atoms with Crippen LogP contribution >= 0.6 is 0 Å². The van der Waals surface area contributed by atoms with Gasteiger partial charge < -0.3 is 9.84 Å². The number of hydrogen-bond donors (Lipinski definition) is 1. The first-order valence-electron chi connectivity index (χ1n) is 7.66. The van der Waals surface area contributed by atoms with Crippen molar-refractivity contribution >= 4 is 9.84 Å². The van der Waals surface area contributed by atoms with Crippen molar-refractivity contribution in [3.05, 3.63) is 11.7 Å². The second-order valence-corrected chi connectivity index (χ2v) is 8.46. The summed E-state index contributed by atoms with van der Waals surface area (Å²) in [6, 6.07) is 0.315. The van der Waals surface area contributed by atoms with Gasteiger partial charge in [-0.25, -0.2) is 8.42 Å². The van der Waals surface area contributed by atoms with Crippen LogP contribution in [-0.4, -0.2) is 42.7 Å². The molecule has 21 heavy (non-hydrogen) atoms. The highest BCUT2D eigenvalue weighted by molar-refractivity contribution is 7.91. The lowest BCUT2D eigenvalue weighted by Gasteiger charge is -2.17. The Kier molecular flexibility index (Phi) is 5.37. The molecular formula is C14H25N3O3S. The molecule has 1 aliphatic rings. The van der Waals surface area contributed by atoms with E-state index in [1.165, 1.54) is 0 Å². The summed E-state index contributed by atoms with van der Waals surface area (Å²) < 4.78 is 28.3. The molecule has 120 valence electrons. The van der Waals surface area contributed by atoms with Gasteiger partial charge in [-0.1, -0.05) is 25.9 Å². The van der Waals surface area contributed by atoms with E-state index in [0.29, 0.717) is 36.5 Å². The lowest BCUT2D eigenvalue weighted by molar-refractivity contribution is 0.336. The van der Waals surface area contributed by atoms with Crippen molar-refractivity contribution in [2.45, 2.75) is 52.0 Å². The maximum absolute atomic E-state index is 11.5. The Morgan fingerprint density at radius 3 is 2.76 bits per heavy atom. The Labute approximate surface area is 126 Å². The molecule has 6 nitrogen and oxygen atoms in total. The van der Waals surface area contributed by atoms with Gasteiger partial charge in [0.25, 0.3) is 0 Å². The number of hydrogen-bond acceptors (Lipinski definition) is 6. The van der Waals surface area contributed by atoms with Gasteiger partial charge in [0.05, 0.1) is 11.5 Å². The molecule has 1 saturated heterocycles. The fourth-order valence-electron chi connectivity index (χ4n) is 2.82. The highest BCUT2D eigenvalue weighted by Gasteiger charge is 2.32. The summed E-state index contributed by atoms with van der Waals surface area (Å²) in [5.41, 5.74) is 0. The summed E-state index contributed by atoms with van der Waals surface area (Å²) in [4.78, 5) is 4.40. The smallest absolute Gasteiger partial charge is 0.228 e. The van der Waals surface area contributed by atoms with Gasteiger partial charge in [0.2, 0.25) is 5.89 Å². The van der Waals surface area contributed by atoms with Gasteiger partial charge in [0, 0.05) is 18.4 Å². The fraction of sp³-hybridized carbons (Fsp3) is 0.857. The minimum Gasteiger partial charge on any atom is -0.339 e. The van der Waals surface area contributed by atoms with E-state index in [4.69, 9.17) is 4.52 Å². The fourth-order valence-corrected chi connectivity index (χ4v) is 4.56. The van der Waals surface area contributed by atoms with Gasteiger partial charge in [-0.05, 0) is 25.3 Å². The third-order valence-corrected chi connectivity index (χ3v) is 5.52. The molecule has 0 spiro atoms. The van der Waals surface area contributed by atoms with Crippen molar-refractivity contribution < 1.29 is 12.9 Å². The Morgan fingerprint density at radius 1 is 1.43 bits per heavy atom. The standard InChI is InChI=1S/C14H25N3O3S/c1-4-15-12(7-10(2)3)8-13-16-14(17-20-13)11-5-6-21(18,19)9-11/h10-12,15H,4-9H2,1-3H3. The van der Waals surface area contributed by atoms with Crippen molar-refractivity contribution in [3.63, 3.8) is 0 Å². The molecule has 1 aromatic rings. The zero-order chi connectivity index (χ0) is 15.5. The average molecular weight is 315 g/mol. The first-order chi connectivity index (χ1) is 9.89. The van der Waals surface area contributed by atoms with Crippen molar-refractivity contribution in [2.75, 3.05) is 18.1 Å². The van der Waals surface area contributed by atoms with Gasteiger partial charge in [-0.3, -0.25) is 0 Å². The first-order valence-corrected chi connectivity index (χ1v) is 9.48. The lowest BCUT2D eigenvalue weighted by atomic mass is 10.0. The molecule has 1 aromatic heterocycles. The minimum atomic E-state index is -2.92. The minimum absolute atomic E-state index is 0.102. The third-order valence-electron chi connectivity index (χ3n) is 3.75. The van der Waals surface area contributed by atoms with Crippen LogP contribution in [0.15, 0.2) is 4.52 Å². The first kappa shape index (κ1) is 16.4. The summed E-state index contributed by atoms with van der Waals surface area (Å²) >= 11 is 0. The zero-order valence-corrected chi connectivity index (χ0v) is 13.8. The van der Waals surface area contributed by atoms with E-state index in [9.17, 15) is 8.42 Å². The largest absolute Gasteiger partial charge is 0.339 e. The van der Waals surface area contributed by atoms with E-state index < -0.39 is 9.84 Å². The molecule has 0 aromatic carbocycles. The highest BCUT2D eigenvalue weighted by Crippen LogP contribution is 2.26. The average Bonchev–Trinajstić information content (AvgIpc) is 2.95. The second kappa shape index (κ2) is 6.87. The van der Waals surface area contributed by atoms with Crippen molar-refractivity contribution in [1.82, 2.24) is 15.5 Å². The van der Waals surface area contributed by atoms with Crippen molar-refractivity contribution in [2.24, 2.45) is 5.92 Å². The molecule has 2 atom stereocenters. The van der Waals surface area contributed by atoms with Crippen molar-refractivity contribution in [3.8, 4) is 0 Å². The van der Waals surface area contributed by atoms with Crippen LogP contribution in [0.3, 0.4) is 0 Å². The molecule has 7 heteroatoms. The molecule has 2 rings (SSSR count). The number of aromatic nitrogens is 2. The Hall–Kier alpha value is -0.950. The molecule has 1 aliphatic heterocycles. The van der Waals surface area contributed by atoms with Crippen LogP contribution in [0, 0.1) is 5.92 Å². The summed E-state index contributed by atoms with van der Waals surface area (Å²) in [6.07, 6.45) is 2.34. The van der Waals surface area contributed by atoms with E-state index in [2.05, 4.69) is 36.2 Å². The highest BCUT2D eigenvalue weighted by atomic mass is 32.2. The molecule has 2 unspecified atom stereocenters. The summed E-state index contributed by atoms with van der Waals surface area (Å²) in [5, 5.41) is 7.41. The maximum atomic E-state index is 11.5. The quantitative estimate of drug-likeness (QED) is 0.821. The molecule has 0 radical (unpaired) electrons. The SMILES string of the molecule is CCNC(Cc1nc(C2CCS(=O)(=O)C2)no1)CC(C)C. The Morgan fingerprint density at radius 2 is 2.19 bits per heavy atom. The topological polar surface area (TPSA) is 85.1 Å². The monoisotopic (exact) mass is 315 g/mol. The zero-order valence-electron chi connectivity index (χ0n) is 13.0. The van der Waals surface area contributed by atoms with E-state index in [-0.39, 0.29) is 17.4 Å². The molecule has 0 bridgehead atoms. The van der Waals surface area contributed by atoms with E-state index in [0.717, 1.165) is 13.0 Å². The second-order valence-electron chi connectivity index (χ2n) is 6.23. The number of rotatable bonds is 7. The van der Waals surface area contributed by atoms with Crippen LogP contribution < -0.4 is 5.32 Å². The summed E-state index contributed by atoms with van der Waals surface area (Å²) in [5.74, 6) is 2.02. The van der Waals surface area contributed by atoms with Gasteiger partial charge >= 0.3 is 0 Å². The summed E-state index contributed by atoms with van der Waals surface area (Å²) in [7, 11) is -2.92. The Balaban J connectivity index is 1.99. The van der Waals surface area contributed by atoms with Crippen LogP contribution in [0.2, 0.25) is 0 Å². The van der Waals surface area contributed by atoms with Gasteiger partial charge in [0.1, 0.15) is 0 Å². The maximum Gasteiger partial charge on any atom is 0.228 e. The number of nitrogens with zero attached hydrogens (tertiary/aromatic N) is 2. The predicted molar refractivity (Wildman–Crippen MR) is 80.9 cm³/mol. The number of sulfone groups is 1. The third kappa shape index (κ3) is 4.78. The molecule has 2 heterocycles. The van der Waals surface area contributed by atoms with E-state index >= 15 is 0 Å². The van der Waals surface area contributed by atoms with Gasteiger partial charge in [0.15, 0.2) is 15.7 Å². The van der Waals surface area contributed by atoms with Crippen LogP contribution in [-0.2, 0) is 16.3 Å². The predicted octanol–water partition coefficient (Wildman–Crippen LogP) is 1.54. The number of nitrogens with one attached hydrogen (secondary N) is 1. The van der Waals surface area contributed by atoms with E-state index in [1.54, 1.807) is 0 Å². The molecular weight excluding hydrogens is 290 g/mol. The normalized spacial score (nSPS) is 22.8. The van der Waals surface area contributed by atoms with Gasteiger partial charge in [-0.2, -0.15) is 4.98 Å². The van der Waals surface area contributed by atoms with Crippen LogP contribution in [0.4, 0.5) is 0 Å². The molecule has 1 N–H and O–H groups in total. The van der Waals surface area contributed by atoms with Crippen LogP contribution in [0.25, 0.3) is 0 Å². The van der Waals surface area contributed by atoms with E-state index in [1.807, 2.05) is 0 Å². The Bertz CT molecular complexity index is 554. The van der Waals surface area contributed by atoms with Gasteiger partial charge in [-0.15, -0.1) is 0 Å². The lowest BCUT2D eigenvalue weighted by Crippen LogP contribution is -2.32. The van der Waals surface area contributed by atoms with Crippen molar-refractivity contribution in [1.29, 1.82) is 0 Å². The summed E-state index contributed by atoms with van der Waals surface area (Å²) in [6.45, 7) is 7.36. The van der Waals surface area contributed by atoms with Crippen LogP contribution in [0.5, 0.6) is 0 Å². The molecule has 0 aliphatic carbocycles.